The van der Waals surface area contributed by atoms with Crippen LogP contribution in [0.3, 0.4) is 0 Å². The molecule has 2 aromatic rings. The predicted octanol–water partition coefficient (Wildman–Crippen LogP) is 2.26. The van der Waals surface area contributed by atoms with Gasteiger partial charge in [-0.15, -0.1) is 0 Å². The molecule has 0 aliphatic heterocycles. The summed E-state index contributed by atoms with van der Waals surface area (Å²) >= 11 is 0. The number of benzene rings is 1. The minimum Gasteiger partial charge on any atom is -0.446 e. The predicted molar refractivity (Wildman–Crippen MR) is 74.5 cm³/mol. The number of aryl methyl sites for hydroxylation is 1. The van der Waals surface area contributed by atoms with Crippen molar-refractivity contribution in [3.63, 3.8) is 0 Å². The van der Waals surface area contributed by atoms with Crippen molar-refractivity contribution in [3.8, 4) is 0 Å². The summed E-state index contributed by atoms with van der Waals surface area (Å²) < 4.78 is 45.2. The lowest BCUT2D eigenvalue weighted by Gasteiger charge is -2.14. The Balaban J connectivity index is 2.21. The van der Waals surface area contributed by atoms with E-state index in [1.807, 2.05) is 0 Å². The number of hydrogen-bond donors (Lipinski definition) is 2. The molecule has 1 unspecified atom stereocenters. The number of sulfonamides is 1. The summed E-state index contributed by atoms with van der Waals surface area (Å²) in [7, 11) is -3.87. The molecule has 1 heterocycles. The Labute approximate surface area is 122 Å². The van der Waals surface area contributed by atoms with Crippen molar-refractivity contribution in [3.05, 3.63) is 53.0 Å². The molecule has 2 N–H and O–H groups in total. The van der Waals surface area contributed by atoms with Crippen LogP contribution in [0.1, 0.15) is 29.9 Å². The molecule has 7 heteroatoms. The largest absolute Gasteiger partial charge is 0.446 e. The zero-order chi connectivity index (χ0) is 15.6. The van der Waals surface area contributed by atoms with Crippen LogP contribution in [-0.4, -0.2) is 13.5 Å². The number of halogens is 1. The number of hydrogen-bond acceptors (Lipinski definition) is 4. The SMILES string of the molecule is Cc1ccc(C(C)NS(=O)(=O)c2ccc(CO)o2)cc1F. The van der Waals surface area contributed by atoms with Gasteiger partial charge in [0.15, 0.2) is 0 Å². The average molecular weight is 313 g/mol. The van der Waals surface area contributed by atoms with Gasteiger partial charge in [0.05, 0.1) is 0 Å². The van der Waals surface area contributed by atoms with Gasteiger partial charge >= 0.3 is 0 Å². The lowest BCUT2D eigenvalue weighted by atomic mass is 10.1. The highest BCUT2D eigenvalue weighted by atomic mass is 32.2. The zero-order valence-electron chi connectivity index (χ0n) is 11.6. The molecule has 1 atom stereocenters. The molecule has 0 radical (unpaired) electrons. The number of rotatable bonds is 5. The van der Waals surface area contributed by atoms with Crippen molar-refractivity contribution >= 4 is 10.0 Å². The smallest absolute Gasteiger partial charge is 0.274 e. The fourth-order valence-corrected chi connectivity index (χ4v) is 3.01. The number of aliphatic hydroxyl groups is 1. The van der Waals surface area contributed by atoms with Gasteiger partial charge in [0.1, 0.15) is 18.2 Å². The number of furan rings is 1. The maximum absolute atomic E-state index is 13.5. The summed E-state index contributed by atoms with van der Waals surface area (Å²) in [6.45, 7) is 2.86. The Morgan fingerprint density at radius 2 is 2.05 bits per heavy atom. The topological polar surface area (TPSA) is 79.5 Å². The summed E-state index contributed by atoms with van der Waals surface area (Å²) in [6.07, 6.45) is 0. The average Bonchev–Trinajstić information content (AvgIpc) is 2.91. The van der Waals surface area contributed by atoms with Gasteiger partial charge in [-0.05, 0) is 43.2 Å². The second-order valence-electron chi connectivity index (χ2n) is 4.73. The number of aliphatic hydroxyl groups excluding tert-OH is 1. The van der Waals surface area contributed by atoms with Crippen molar-refractivity contribution in [2.45, 2.75) is 31.6 Å². The highest BCUT2D eigenvalue weighted by molar-refractivity contribution is 7.89. The Bertz CT molecular complexity index is 739. The van der Waals surface area contributed by atoms with Crippen LogP contribution in [-0.2, 0) is 16.6 Å². The quantitative estimate of drug-likeness (QED) is 0.887. The van der Waals surface area contributed by atoms with Gasteiger partial charge in [-0.3, -0.25) is 0 Å². The third-order valence-electron chi connectivity index (χ3n) is 3.09. The van der Waals surface area contributed by atoms with Crippen LogP contribution < -0.4 is 4.72 Å². The van der Waals surface area contributed by atoms with E-state index in [4.69, 9.17) is 9.52 Å². The molecule has 0 saturated carbocycles. The number of nitrogens with one attached hydrogen (secondary N) is 1. The minimum atomic E-state index is -3.87. The van der Waals surface area contributed by atoms with E-state index in [9.17, 15) is 12.8 Å². The van der Waals surface area contributed by atoms with Crippen LogP contribution in [0.4, 0.5) is 4.39 Å². The first-order chi connectivity index (χ1) is 9.83. The van der Waals surface area contributed by atoms with Crippen molar-refractivity contribution < 1.29 is 22.3 Å². The van der Waals surface area contributed by atoms with Gasteiger partial charge in [-0.2, -0.15) is 0 Å². The Kier molecular flexibility index (Phi) is 4.46. The van der Waals surface area contributed by atoms with Crippen LogP contribution in [0.5, 0.6) is 0 Å². The summed E-state index contributed by atoms with van der Waals surface area (Å²) in [5, 5.41) is 8.60. The standard InChI is InChI=1S/C14H16FNO4S/c1-9-3-4-11(7-13(9)15)10(2)16-21(18,19)14-6-5-12(8-17)20-14/h3-7,10,16-17H,8H2,1-2H3. The lowest BCUT2D eigenvalue weighted by molar-refractivity contribution is 0.236. The summed E-state index contributed by atoms with van der Waals surface area (Å²) in [5.41, 5.74) is 1.00. The Morgan fingerprint density at radius 3 is 2.62 bits per heavy atom. The first kappa shape index (κ1) is 15.7. The highest BCUT2D eigenvalue weighted by Crippen LogP contribution is 2.20. The van der Waals surface area contributed by atoms with E-state index in [-0.39, 0.29) is 23.3 Å². The molecule has 1 aromatic heterocycles. The molecule has 114 valence electrons. The molecule has 0 bridgehead atoms. The minimum absolute atomic E-state index is 0.157. The maximum atomic E-state index is 13.5. The summed E-state index contributed by atoms with van der Waals surface area (Å²) in [5.74, 6) is -0.233. The second kappa shape index (κ2) is 5.97. The van der Waals surface area contributed by atoms with Gasteiger partial charge in [-0.25, -0.2) is 17.5 Å². The highest BCUT2D eigenvalue weighted by Gasteiger charge is 2.22. The first-order valence-electron chi connectivity index (χ1n) is 6.31. The van der Waals surface area contributed by atoms with Crippen LogP contribution >= 0.6 is 0 Å². The second-order valence-corrected chi connectivity index (χ2v) is 6.38. The first-order valence-corrected chi connectivity index (χ1v) is 7.80. The van der Waals surface area contributed by atoms with Gasteiger partial charge in [-0.1, -0.05) is 12.1 Å². The van der Waals surface area contributed by atoms with Crippen molar-refractivity contribution in [1.29, 1.82) is 0 Å². The van der Waals surface area contributed by atoms with Gasteiger partial charge in [0, 0.05) is 6.04 Å². The molecule has 0 amide bonds. The fourth-order valence-electron chi connectivity index (χ4n) is 1.82. The Hall–Kier alpha value is -1.70. The molecule has 21 heavy (non-hydrogen) atoms. The molecule has 0 fully saturated rings. The third kappa shape index (κ3) is 3.49. The molecule has 2 rings (SSSR count). The summed E-state index contributed by atoms with van der Waals surface area (Å²) in [4.78, 5) is 0. The molecule has 1 aromatic carbocycles. The van der Waals surface area contributed by atoms with Gasteiger partial charge < -0.3 is 9.52 Å². The molecule has 0 spiro atoms. The van der Waals surface area contributed by atoms with Crippen LogP contribution in [0.15, 0.2) is 39.8 Å². The van der Waals surface area contributed by atoms with E-state index in [0.29, 0.717) is 11.1 Å². The molecule has 0 saturated heterocycles. The molecule has 0 aliphatic carbocycles. The molecule has 5 nitrogen and oxygen atoms in total. The van der Waals surface area contributed by atoms with Crippen molar-refractivity contribution in [1.82, 2.24) is 4.72 Å². The van der Waals surface area contributed by atoms with Gasteiger partial charge in [0.2, 0.25) is 5.09 Å². The van der Waals surface area contributed by atoms with E-state index < -0.39 is 16.1 Å². The van der Waals surface area contributed by atoms with E-state index >= 15 is 0 Å². The fraction of sp³-hybridized carbons (Fsp3) is 0.286. The van der Waals surface area contributed by atoms with Crippen LogP contribution in [0, 0.1) is 12.7 Å². The summed E-state index contributed by atoms with van der Waals surface area (Å²) in [6, 6.07) is 6.57. The van der Waals surface area contributed by atoms with Gasteiger partial charge in [0.25, 0.3) is 10.0 Å². The molecule has 0 aliphatic rings. The third-order valence-corrected chi connectivity index (χ3v) is 4.50. The molecular weight excluding hydrogens is 297 g/mol. The Morgan fingerprint density at radius 1 is 1.33 bits per heavy atom. The lowest BCUT2D eigenvalue weighted by Crippen LogP contribution is -2.26. The maximum Gasteiger partial charge on any atom is 0.274 e. The normalized spacial score (nSPS) is 13.3. The van der Waals surface area contributed by atoms with Crippen LogP contribution in [0.25, 0.3) is 0 Å². The molecular formula is C14H16FNO4S. The van der Waals surface area contributed by atoms with E-state index in [1.54, 1.807) is 26.0 Å². The van der Waals surface area contributed by atoms with E-state index in [2.05, 4.69) is 4.72 Å². The van der Waals surface area contributed by atoms with Crippen LogP contribution in [0.2, 0.25) is 0 Å². The van der Waals surface area contributed by atoms with E-state index in [0.717, 1.165) is 0 Å². The monoisotopic (exact) mass is 313 g/mol. The van der Waals surface area contributed by atoms with E-state index in [1.165, 1.54) is 18.2 Å². The zero-order valence-corrected chi connectivity index (χ0v) is 12.4. The van der Waals surface area contributed by atoms with Crippen molar-refractivity contribution in [2.24, 2.45) is 0 Å². The van der Waals surface area contributed by atoms with Crippen molar-refractivity contribution in [2.75, 3.05) is 0 Å².